The van der Waals surface area contributed by atoms with Crippen molar-refractivity contribution in [2.24, 2.45) is 0 Å². The summed E-state index contributed by atoms with van der Waals surface area (Å²) in [6.45, 7) is 2.94. The maximum atomic E-state index is 12.1. The Morgan fingerprint density at radius 2 is 1.80 bits per heavy atom. The van der Waals surface area contributed by atoms with Crippen LogP contribution in [0.5, 0.6) is 11.5 Å². The first kappa shape index (κ1) is 17.2. The molecule has 3 rings (SSSR count). The van der Waals surface area contributed by atoms with Crippen LogP contribution in [0.3, 0.4) is 0 Å². The molecule has 0 aromatic heterocycles. The average molecular weight is 353 g/mol. The molecule has 0 spiro atoms. The summed E-state index contributed by atoms with van der Waals surface area (Å²) in [6.07, 6.45) is 6.87. The van der Waals surface area contributed by atoms with E-state index in [0.29, 0.717) is 30.4 Å². The summed E-state index contributed by atoms with van der Waals surface area (Å²) in [6, 6.07) is 13.7. The first-order valence-electron chi connectivity index (χ1n) is 8.03. The van der Waals surface area contributed by atoms with E-state index < -0.39 is 0 Å². The van der Waals surface area contributed by atoms with Gasteiger partial charge < -0.3 is 14.8 Å². The number of benzene rings is 2. The number of hydrogen-bond acceptors (Lipinski definition) is 4. The van der Waals surface area contributed by atoms with Crippen molar-refractivity contribution < 1.29 is 14.3 Å². The molecular weight excluding hydrogens is 334 g/mol. The van der Waals surface area contributed by atoms with Crippen LogP contribution >= 0.6 is 11.8 Å². The molecule has 0 radical (unpaired) electrons. The van der Waals surface area contributed by atoms with Gasteiger partial charge in [0.15, 0.2) is 11.5 Å². The third-order valence-electron chi connectivity index (χ3n) is 3.42. The van der Waals surface area contributed by atoms with Crippen LogP contribution in [0.2, 0.25) is 0 Å². The lowest BCUT2D eigenvalue weighted by atomic mass is 10.2. The van der Waals surface area contributed by atoms with Crippen LogP contribution in [-0.2, 0) is 4.79 Å². The van der Waals surface area contributed by atoms with Gasteiger partial charge in [0.2, 0.25) is 5.91 Å². The van der Waals surface area contributed by atoms with Crippen molar-refractivity contribution in [3.8, 4) is 11.5 Å². The monoisotopic (exact) mass is 353 g/mol. The maximum Gasteiger partial charge on any atom is 0.248 e. The predicted octanol–water partition coefficient (Wildman–Crippen LogP) is 4.68. The number of nitrogens with one attached hydrogen (secondary N) is 1. The van der Waals surface area contributed by atoms with Crippen molar-refractivity contribution in [1.82, 2.24) is 0 Å². The van der Waals surface area contributed by atoms with Gasteiger partial charge in [-0.05, 0) is 19.1 Å². The summed E-state index contributed by atoms with van der Waals surface area (Å²) in [7, 11) is 0. The van der Waals surface area contributed by atoms with Crippen LogP contribution in [0.25, 0.3) is 0 Å². The van der Waals surface area contributed by atoms with E-state index >= 15 is 0 Å². The summed E-state index contributed by atoms with van der Waals surface area (Å²) in [5.74, 6) is 1.16. The highest BCUT2D eigenvalue weighted by Crippen LogP contribution is 2.42. The Labute approximate surface area is 151 Å². The maximum absolute atomic E-state index is 12.1. The molecule has 0 bridgehead atoms. The molecule has 1 aliphatic heterocycles. The second-order valence-corrected chi connectivity index (χ2v) is 6.40. The Balaban J connectivity index is 1.89. The van der Waals surface area contributed by atoms with E-state index in [0.717, 1.165) is 9.79 Å². The van der Waals surface area contributed by atoms with Gasteiger partial charge in [-0.3, -0.25) is 4.79 Å². The largest absolute Gasteiger partial charge is 0.486 e. The van der Waals surface area contributed by atoms with Crippen molar-refractivity contribution in [1.29, 1.82) is 0 Å². The van der Waals surface area contributed by atoms with Crippen LogP contribution in [-0.4, -0.2) is 19.1 Å². The average Bonchev–Trinajstić information content (AvgIpc) is 2.63. The second kappa shape index (κ2) is 8.44. The summed E-state index contributed by atoms with van der Waals surface area (Å²) >= 11 is 1.57. The lowest BCUT2D eigenvalue weighted by Gasteiger charge is -2.21. The van der Waals surface area contributed by atoms with Gasteiger partial charge in [0.25, 0.3) is 0 Å². The van der Waals surface area contributed by atoms with E-state index in [-0.39, 0.29) is 5.91 Å². The van der Waals surface area contributed by atoms with Gasteiger partial charge in [-0.1, -0.05) is 48.2 Å². The Morgan fingerprint density at radius 3 is 2.52 bits per heavy atom. The van der Waals surface area contributed by atoms with Gasteiger partial charge in [0.1, 0.15) is 13.2 Å². The van der Waals surface area contributed by atoms with Crippen LogP contribution in [0, 0.1) is 0 Å². The molecule has 2 aromatic carbocycles. The minimum Gasteiger partial charge on any atom is -0.486 e. The summed E-state index contributed by atoms with van der Waals surface area (Å²) in [4.78, 5) is 14.1. The standard InChI is InChI=1S/C20H19NO3S/c1-2-3-5-10-20(22)21-16-13-17-18(24-12-11-23-17)14-19(16)25-15-8-6-4-7-9-15/h2-10,13-14H,11-12H2,1H3,(H,21,22)/b3-2+,10-5+. The molecule has 128 valence electrons. The molecule has 1 N–H and O–H groups in total. The number of fused-ring (bicyclic) bond motifs is 1. The van der Waals surface area contributed by atoms with Crippen LogP contribution in [0.4, 0.5) is 5.69 Å². The Bertz CT molecular complexity index is 800. The molecule has 0 aliphatic carbocycles. The van der Waals surface area contributed by atoms with Crippen molar-refractivity contribution in [2.75, 3.05) is 18.5 Å². The normalized spacial score (nSPS) is 13.3. The van der Waals surface area contributed by atoms with Crippen molar-refractivity contribution in [3.63, 3.8) is 0 Å². The first-order valence-corrected chi connectivity index (χ1v) is 8.85. The van der Waals surface area contributed by atoms with E-state index in [2.05, 4.69) is 5.32 Å². The zero-order valence-corrected chi connectivity index (χ0v) is 14.7. The zero-order valence-electron chi connectivity index (χ0n) is 13.9. The number of amides is 1. The fourth-order valence-corrected chi connectivity index (χ4v) is 3.23. The SMILES string of the molecule is C/C=C/C=C/C(=O)Nc1cc2c(cc1Sc1ccccc1)OCCO2. The summed E-state index contributed by atoms with van der Waals surface area (Å²) in [5, 5.41) is 2.92. The van der Waals surface area contributed by atoms with Crippen molar-refractivity contribution in [3.05, 3.63) is 66.8 Å². The second-order valence-electron chi connectivity index (χ2n) is 5.28. The molecule has 0 fully saturated rings. The van der Waals surface area contributed by atoms with E-state index in [1.807, 2.05) is 61.5 Å². The smallest absolute Gasteiger partial charge is 0.248 e. The highest BCUT2D eigenvalue weighted by atomic mass is 32.2. The fraction of sp³-hybridized carbons (Fsp3) is 0.150. The van der Waals surface area contributed by atoms with Crippen LogP contribution < -0.4 is 14.8 Å². The number of ether oxygens (including phenoxy) is 2. The molecule has 0 saturated carbocycles. The van der Waals surface area contributed by atoms with Crippen molar-refractivity contribution in [2.45, 2.75) is 16.7 Å². The van der Waals surface area contributed by atoms with Gasteiger partial charge in [0, 0.05) is 28.0 Å². The van der Waals surface area contributed by atoms with Crippen LogP contribution in [0.15, 0.2) is 76.6 Å². The predicted molar refractivity (Wildman–Crippen MR) is 101 cm³/mol. The number of rotatable bonds is 5. The third-order valence-corrected chi connectivity index (χ3v) is 4.49. The molecule has 2 aromatic rings. The number of anilines is 1. The molecule has 1 heterocycles. The molecule has 25 heavy (non-hydrogen) atoms. The van der Waals surface area contributed by atoms with Gasteiger partial charge in [0.05, 0.1) is 5.69 Å². The molecule has 1 amide bonds. The Hall–Kier alpha value is -2.66. The highest BCUT2D eigenvalue weighted by Gasteiger charge is 2.17. The lowest BCUT2D eigenvalue weighted by molar-refractivity contribution is -0.111. The van der Waals surface area contributed by atoms with E-state index in [1.165, 1.54) is 6.08 Å². The minimum atomic E-state index is -0.190. The van der Waals surface area contributed by atoms with Gasteiger partial charge in [-0.15, -0.1) is 0 Å². The van der Waals surface area contributed by atoms with E-state index in [9.17, 15) is 4.79 Å². The third kappa shape index (κ3) is 4.67. The topological polar surface area (TPSA) is 47.6 Å². The summed E-state index contributed by atoms with van der Waals surface area (Å²) < 4.78 is 11.3. The number of carbonyl (C=O) groups is 1. The molecule has 0 saturated heterocycles. The molecule has 5 heteroatoms. The molecule has 0 atom stereocenters. The van der Waals surface area contributed by atoms with Crippen LogP contribution in [0.1, 0.15) is 6.92 Å². The molecule has 0 unspecified atom stereocenters. The zero-order chi connectivity index (χ0) is 17.5. The fourth-order valence-electron chi connectivity index (χ4n) is 2.30. The number of carbonyl (C=O) groups excluding carboxylic acids is 1. The van der Waals surface area contributed by atoms with Gasteiger partial charge >= 0.3 is 0 Å². The highest BCUT2D eigenvalue weighted by molar-refractivity contribution is 7.99. The van der Waals surface area contributed by atoms with Crippen molar-refractivity contribution >= 4 is 23.4 Å². The number of hydrogen-bond donors (Lipinski definition) is 1. The molecular formula is C20H19NO3S. The van der Waals surface area contributed by atoms with Gasteiger partial charge in [-0.2, -0.15) is 0 Å². The van der Waals surface area contributed by atoms with E-state index in [1.54, 1.807) is 17.8 Å². The number of allylic oxidation sites excluding steroid dienone is 3. The Morgan fingerprint density at radius 1 is 1.08 bits per heavy atom. The van der Waals surface area contributed by atoms with Gasteiger partial charge in [-0.25, -0.2) is 0 Å². The lowest BCUT2D eigenvalue weighted by Crippen LogP contribution is -2.16. The first-order chi connectivity index (χ1) is 12.3. The molecule has 1 aliphatic rings. The minimum absolute atomic E-state index is 0.190. The quantitative estimate of drug-likeness (QED) is 0.626. The summed E-state index contributed by atoms with van der Waals surface area (Å²) in [5.41, 5.74) is 0.702. The molecule has 4 nitrogen and oxygen atoms in total. The van der Waals surface area contributed by atoms with E-state index in [4.69, 9.17) is 9.47 Å². The Kier molecular flexibility index (Phi) is 5.80.